The molecule has 2 amide bonds. The number of halogens is 3. The highest BCUT2D eigenvalue weighted by molar-refractivity contribution is 6.30. The summed E-state index contributed by atoms with van der Waals surface area (Å²) in [5.74, 6) is -1.31. The second-order valence-electron chi connectivity index (χ2n) is 8.88. The maximum absolute atomic E-state index is 14.0. The third-order valence-corrected chi connectivity index (χ3v) is 6.86. The topological polar surface area (TPSA) is 72.6 Å². The molecule has 1 aliphatic heterocycles. The standard InChI is InChI=1S/C28H27Cl2FN2O3/c1-2-4-23(27(32)34)33-25(18-9-11-20(29)12-10-18)26(19-5-3-6-21(30)16-19)36-24(28(33)35)15-17-7-13-22(31)14-8-17/h3,5-14,16,23-26H,2,4,15H2,1H3,(H2,32,34)/t23-,24-,25+,26-/m1/s1. The van der Waals surface area contributed by atoms with Crippen molar-refractivity contribution in [3.05, 3.63) is 105 Å². The second kappa shape index (κ2) is 11.4. The number of hydrogen-bond donors (Lipinski definition) is 1. The fraction of sp³-hybridized carbons (Fsp3) is 0.286. The smallest absolute Gasteiger partial charge is 0.253 e. The molecule has 3 aromatic carbocycles. The number of primary amides is 1. The van der Waals surface area contributed by atoms with Crippen molar-refractivity contribution in [2.75, 3.05) is 0 Å². The summed E-state index contributed by atoms with van der Waals surface area (Å²) in [7, 11) is 0. The molecule has 1 aliphatic rings. The normalized spacial score (nSPS) is 20.8. The minimum absolute atomic E-state index is 0.206. The first-order valence-corrected chi connectivity index (χ1v) is 12.6. The van der Waals surface area contributed by atoms with Crippen molar-refractivity contribution >= 4 is 35.0 Å². The minimum atomic E-state index is -0.915. The Bertz CT molecular complexity index is 1220. The molecule has 4 rings (SSSR count). The molecule has 36 heavy (non-hydrogen) atoms. The molecular weight excluding hydrogens is 502 g/mol. The van der Waals surface area contributed by atoms with Crippen molar-refractivity contribution in [1.29, 1.82) is 0 Å². The predicted octanol–water partition coefficient (Wildman–Crippen LogP) is 6.04. The number of hydrogen-bond acceptors (Lipinski definition) is 3. The number of rotatable bonds is 8. The zero-order valence-electron chi connectivity index (χ0n) is 19.7. The predicted molar refractivity (Wildman–Crippen MR) is 138 cm³/mol. The summed E-state index contributed by atoms with van der Waals surface area (Å²) in [4.78, 5) is 28.2. The molecule has 0 aromatic heterocycles. The fourth-order valence-corrected chi connectivity index (χ4v) is 5.03. The maximum Gasteiger partial charge on any atom is 0.253 e. The van der Waals surface area contributed by atoms with E-state index in [0.29, 0.717) is 22.9 Å². The Balaban J connectivity index is 1.85. The van der Waals surface area contributed by atoms with Crippen LogP contribution in [0.15, 0.2) is 72.8 Å². The van der Waals surface area contributed by atoms with Crippen LogP contribution in [-0.2, 0) is 20.7 Å². The summed E-state index contributed by atoms with van der Waals surface area (Å²) in [6.45, 7) is 1.93. The van der Waals surface area contributed by atoms with E-state index in [1.165, 1.54) is 12.1 Å². The summed E-state index contributed by atoms with van der Waals surface area (Å²) in [5.41, 5.74) is 8.08. The van der Waals surface area contributed by atoms with Crippen LogP contribution in [0.25, 0.3) is 0 Å². The van der Waals surface area contributed by atoms with Gasteiger partial charge in [-0.05, 0) is 59.5 Å². The summed E-state index contributed by atoms with van der Waals surface area (Å²) < 4.78 is 20.0. The second-order valence-corrected chi connectivity index (χ2v) is 9.75. The Morgan fingerprint density at radius 1 is 1.03 bits per heavy atom. The van der Waals surface area contributed by atoms with Gasteiger partial charge in [0.25, 0.3) is 5.91 Å². The van der Waals surface area contributed by atoms with Crippen molar-refractivity contribution in [3.63, 3.8) is 0 Å². The van der Waals surface area contributed by atoms with E-state index >= 15 is 0 Å². The lowest BCUT2D eigenvalue weighted by Gasteiger charge is -2.47. The van der Waals surface area contributed by atoms with Gasteiger partial charge in [0.1, 0.15) is 24.1 Å². The molecule has 1 fully saturated rings. The molecule has 0 aliphatic carbocycles. The molecule has 5 nitrogen and oxygen atoms in total. The molecule has 1 saturated heterocycles. The lowest BCUT2D eigenvalue weighted by Crippen LogP contribution is -2.58. The van der Waals surface area contributed by atoms with Crippen LogP contribution in [0.2, 0.25) is 10.0 Å². The van der Waals surface area contributed by atoms with Gasteiger partial charge in [0.15, 0.2) is 0 Å². The van der Waals surface area contributed by atoms with Gasteiger partial charge in [-0.1, -0.05) is 72.9 Å². The Labute approximate surface area is 219 Å². The number of amides is 2. The first-order chi connectivity index (χ1) is 17.3. The van der Waals surface area contributed by atoms with Crippen molar-refractivity contribution in [2.45, 2.75) is 50.5 Å². The monoisotopic (exact) mass is 528 g/mol. The van der Waals surface area contributed by atoms with Crippen molar-refractivity contribution in [2.24, 2.45) is 5.73 Å². The molecule has 3 aromatic rings. The zero-order valence-corrected chi connectivity index (χ0v) is 21.3. The molecule has 4 atom stereocenters. The van der Waals surface area contributed by atoms with Crippen LogP contribution in [0.4, 0.5) is 4.39 Å². The summed E-state index contributed by atoms with van der Waals surface area (Å²) in [6, 6.07) is 18.8. The maximum atomic E-state index is 14.0. The molecule has 8 heteroatoms. The minimum Gasteiger partial charge on any atom is -0.368 e. The van der Waals surface area contributed by atoms with Gasteiger partial charge in [-0.2, -0.15) is 0 Å². The quantitative estimate of drug-likeness (QED) is 0.387. The Hall–Kier alpha value is -2.93. The summed E-state index contributed by atoms with van der Waals surface area (Å²) >= 11 is 12.5. The van der Waals surface area contributed by atoms with Gasteiger partial charge in [0.05, 0.1) is 6.04 Å². The van der Waals surface area contributed by atoms with Gasteiger partial charge < -0.3 is 15.4 Å². The van der Waals surface area contributed by atoms with Crippen LogP contribution in [0.3, 0.4) is 0 Å². The van der Waals surface area contributed by atoms with E-state index < -0.39 is 30.2 Å². The summed E-state index contributed by atoms with van der Waals surface area (Å²) in [5, 5.41) is 1.06. The molecule has 0 unspecified atom stereocenters. The van der Waals surface area contributed by atoms with E-state index in [-0.39, 0.29) is 18.1 Å². The van der Waals surface area contributed by atoms with E-state index in [4.69, 9.17) is 33.7 Å². The van der Waals surface area contributed by atoms with E-state index in [2.05, 4.69) is 0 Å². The lowest BCUT2D eigenvalue weighted by atomic mass is 9.88. The first-order valence-electron chi connectivity index (χ1n) is 11.8. The average molecular weight is 529 g/mol. The highest BCUT2D eigenvalue weighted by Gasteiger charge is 2.47. The number of nitrogens with two attached hydrogens (primary N) is 1. The van der Waals surface area contributed by atoms with Crippen LogP contribution in [0, 0.1) is 5.82 Å². The van der Waals surface area contributed by atoms with Gasteiger partial charge >= 0.3 is 0 Å². The lowest BCUT2D eigenvalue weighted by molar-refractivity contribution is -0.181. The van der Waals surface area contributed by atoms with Gasteiger partial charge in [-0.3, -0.25) is 9.59 Å². The van der Waals surface area contributed by atoms with Gasteiger partial charge in [-0.25, -0.2) is 4.39 Å². The van der Waals surface area contributed by atoms with Crippen molar-refractivity contribution < 1.29 is 18.7 Å². The van der Waals surface area contributed by atoms with E-state index in [1.807, 2.05) is 31.2 Å². The number of benzene rings is 3. The molecule has 0 radical (unpaired) electrons. The molecule has 0 saturated carbocycles. The van der Waals surface area contributed by atoms with E-state index in [1.54, 1.807) is 41.3 Å². The number of carbonyl (C=O) groups excluding carboxylic acids is 2. The number of carbonyl (C=O) groups is 2. The molecule has 0 bridgehead atoms. The third-order valence-electron chi connectivity index (χ3n) is 6.38. The van der Waals surface area contributed by atoms with E-state index in [9.17, 15) is 14.0 Å². The van der Waals surface area contributed by atoms with Gasteiger partial charge in [-0.15, -0.1) is 0 Å². The molecule has 188 valence electrons. The van der Waals surface area contributed by atoms with Gasteiger partial charge in [0, 0.05) is 16.5 Å². The van der Waals surface area contributed by atoms with Crippen LogP contribution in [-0.4, -0.2) is 28.9 Å². The van der Waals surface area contributed by atoms with Crippen molar-refractivity contribution in [3.8, 4) is 0 Å². The SMILES string of the molecule is CCC[C@H](C(N)=O)N1C(=O)[C@@H](Cc2ccc(F)cc2)O[C@H](c2cccc(Cl)c2)[C@@H]1c1ccc(Cl)cc1. The van der Waals surface area contributed by atoms with Gasteiger partial charge in [0.2, 0.25) is 5.91 Å². The molecule has 0 spiro atoms. The van der Waals surface area contributed by atoms with Crippen LogP contribution >= 0.6 is 23.2 Å². The van der Waals surface area contributed by atoms with Crippen LogP contribution < -0.4 is 5.73 Å². The fourth-order valence-electron chi connectivity index (χ4n) is 4.71. The number of nitrogens with zero attached hydrogens (tertiary/aromatic N) is 1. The highest BCUT2D eigenvalue weighted by atomic mass is 35.5. The van der Waals surface area contributed by atoms with Crippen LogP contribution in [0.5, 0.6) is 0 Å². The average Bonchev–Trinajstić information content (AvgIpc) is 2.85. The Morgan fingerprint density at radius 2 is 1.72 bits per heavy atom. The molecular formula is C28H27Cl2FN2O3. The number of morpholine rings is 1. The Morgan fingerprint density at radius 3 is 2.33 bits per heavy atom. The third kappa shape index (κ3) is 5.72. The highest BCUT2D eigenvalue weighted by Crippen LogP contribution is 2.44. The largest absolute Gasteiger partial charge is 0.368 e. The first kappa shape index (κ1) is 26.1. The van der Waals surface area contributed by atoms with Crippen LogP contribution in [0.1, 0.15) is 48.6 Å². The summed E-state index contributed by atoms with van der Waals surface area (Å²) in [6.07, 6.45) is -0.307. The van der Waals surface area contributed by atoms with Crippen molar-refractivity contribution in [1.82, 2.24) is 4.90 Å². The zero-order chi connectivity index (χ0) is 25.8. The Kier molecular flexibility index (Phi) is 8.29. The molecule has 2 N–H and O–H groups in total. The molecule has 1 heterocycles. The van der Waals surface area contributed by atoms with E-state index in [0.717, 1.165) is 16.7 Å². The number of ether oxygens (including phenoxy) is 1.